The predicted octanol–water partition coefficient (Wildman–Crippen LogP) is 2.94. The lowest BCUT2D eigenvalue weighted by Gasteiger charge is -2.32. The molecule has 1 heterocycles. The van der Waals surface area contributed by atoms with Gasteiger partial charge in [0.05, 0.1) is 39.8 Å². The van der Waals surface area contributed by atoms with Gasteiger partial charge in [0.1, 0.15) is 0 Å². The maximum Gasteiger partial charge on any atom is 0.481 e. The summed E-state index contributed by atoms with van der Waals surface area (Å²) in [4.78, 5) is 25.0. The molecule has 1 aromatic rings. The molecule has 0 saturated carbocycles. The Kier molecular flexibility index (Phi) is 10.2. The number of hydrogen-bond acceptors (Lipinski definition) is 5. The Morgan fingerprint density at radius 3 is 2.48 bits per heavy atom. The van der Waals surface area contributed by atoms with Crippen LogP contribution >= 0.6 is 27.5 Å². The van der Waals surface area contributed by atoms with Gasteiger partial charge in [0.25, 0.3) is 5.91 Å². The van der Waals surface area contributed by atoms with Crippen LogP contribution in [0.1, 0.15) is 44.5 Å². The van der Waals surface area contributed by atoms with Crippen LogP contribution in [0.2, 0.25) is 5.02 Å². The summed E-state index contributed by atoms with van der Waals surface area (Å²) in [7, 11) is -0.619. The zero-order valence-corrected chi connectivity index (χ0v) is 20.5. The molecular weight excluding hydrogens is 491 g/mol. The fraction of sp³-hybridized carbons (Fsp3) is 0.600. The summed E-state index contributed by atoms with van der Waals surface area (Å²) < 4.78 is 26.4. The quantitative estimate of drug-likeness (QED) is 0.380. The van der Waals surface area contributed by atoms with Crippen LogP contribution in [0, 0.1) is 11.7 Å². The highest BCUT2D eigenvalue weighted by Gasteiger charge is 2.36. The van der Waals surface area contributed by atoms with E-state index in [1.165, 1.54) is 12.1 Å². The minimum Gasteiger partial charge on any atom is -0.406 e. The number of carbonyl (C=O) groups is 2. The van der Waals surface area contributed by atoms with E-state index in [1.54, 1.807) is 0 Å². The first-order chi connectivity index (χ1) is 14.6. The lowest BCUT2D eigenvalue weighted by molar-refractivity contribution is -0.120. The van der Waals surface area contributed by atoms with Gasteiger partial charge < -0.3 is 25.3 Å². The van der Waals surface area contributed by atoms with Gasteiger partial charge in [-0.2, -0.15) is 0 Å². The lowest BCUT2D eigenvalue weighted by Crippen LogP contribution is -2.56. The molecule has 0 spiro atoms. The molecule has 11 heteroatoms. The summed E-state index contributed by atoms with van der Waals surface area (Å²) >= 11 is 8.98. The van der Waals surface area contributed by atoms with Gasteiger partial charge in [0.15, 0.2) is 5.82 Å². The summed E-state index contributed by atoms with van der Waals surface area (Å²) in [6.07, 6.45) is 0.444. The van der Waals surface area contributed by atoms with Gasteiger partial charge in [-0.25, -0.2) is 4.39 Å². The van der Waals surface area contributed by atoms with Crippen molar-refractivity contribution in [3.05, 3.63) is 33.0 Å². The molecule has 0 aromatic heterocycles. The van der Waals surface area contributed by atoms with E-state index in [9.17, 15) is 14.0 Å². The van der Waals surface area contributed by atoms with E-state index in [4.69, 9.17) is 20.9 Å². The van der Waals surface area contributed by atoms with E-state index in [0.29, 0.717) is 19.5 Å². The third kappa shape index (κ3) is 8.02. The van der Waals surface area contributed by atoms with Crippen molar-refractivity contribution in [3.63, 3.8) is 0 Å². The van der Waals surface area contributed by atoms with Gasteiger partial charge >= 0.3 is 7.12 Å². The van der Waals surface area contributed by atoms with Crippen molar-refractivity contribution in [1.29, 1.82) is 0 Å². The van der Waals surface area contributed by atoms with Crippen LogP contribution in [0.5, 0.6) is 0 Å². The molecule has 3 atom stereocenters. The van der Waals surface area contributed by atoms with Gasteiger partial charge in [0.2, 0.25) is 5.91 Å². The van der Waals surface area contributed by atoms with Crippen molar-refractivity contribution in [2.75, 3.05) is 19.6 Å². The topological polar surface area (TPSA) is 88.7 Å². The van der Waals surface area contributed by atoms with Crippen LogP contribution < -0.4 is 16.0 Å². The molecule has 0 radical (unpaired) electrons. The number of carbonyl (C=O) groups excluding carboxylic acids is 2. The molecule has 2 unspecified atom stereocenters. The second-order valence-corrected chi connectivity index (χ2v) is 9.39. The Bertz CT molecular complexity index is 777. The first-order valence-corrected chi connectivity index (χ1v) is 11.5. The molecule has 1 aromatic carbocycles. The average Bonchev–Trinajstić information content (AvgIpc) is 2.67. The van der Waals surface area contributed by atoms with Crippen molar-refractivity contribution in [2.24, 2.45) is 5.92 Å². The minimum absolute atomic E-state index is 0.0378. The van der Waals surface area contributed by atoms with Crippen LogP contribution in [-0.2, 0) is 14.1 Å². The Labute approximate surface area is 196 Å². The average molecular weight is 521 g/mol. The van der Waals surface area contributed by atoms with E-state index < -0.39 is 30.7 Å². The molecule has 2 amide bonds. The zero-order valence-electron chi connectivity index (χ0n) is 18.1. The summed E-state index contributed by atoms with van der Waals surface area (Å²) in [6, 6.07) is 2.81. The molecule has 1 saturated heterocycles. The monoisotopic (exact) mass is 519 g/mol. The van der Waals surface area contributed by atoms with Crippen molar-refractivity contribution in [3.8, 4) is 0 Å². The van der Waals surface area contributed by atoms with E-state index in [-0.39, 0.29) is 39.7 Å². The predicted molar refractivity (Wildman–Crippen MR) is 123 cm³/mol. The van der Waals surface area contributed by atoms with Gasteiger partial charge in [-0.15, -0.1) is 0 Å². The van der Waals surface area contributed by atoms with Crippen molar-refractivity contribution >= 4 is 46.5 Å². The summed E-state index contributed by atoms with van der Waals surface area (Å²) in [5.41, 5.74) is -0.315. The standard InChI is InChI=1S/C20H29BBrClFN3O4/c1-11(2)7-16(21-30-12(3)8-25-9-13(4)31-21)27-17(28)10-26-20(29)18-15(23)6-5-14(22)19(18)24/h5-6,11-13,16,25H,7-10H2,1-4H3,(H,26,29)(H,27,28)/t12?,13?,16-/m0/s1. The lowest BCUT2D eigenvalue weighted by atomic mass is 9.73. The van der Waals surface area contributed by atoms with E-state index in [0.717, 1.165) is 0 Å². The van der Waals surface area contributed by atoms with Crippen molar-refractivity contribution in [1.82, 2.24) is 16.0 Å². The molecule has 0 aliphatic carbocycles. The molecule has 31 heavy (non-hydrogen) atoms. The number of amides is 2. The third-order valence-corrected chi connectivity index (χ3v) is 5.60. The van der Waals surface area contributed by atoms with Gasteiger partial charge in [-0.3, -0.25) is 9.59 Å². The van der Waals surface area contributed by atoms with E-state index in [1.807, 2.05) is 27.7 Å². The maximum absolute atomic E-state index is 14.2. The molecule has 1 aliphatic heterocycles. The van der Waals surface area contributed by atoms with E-state index in [2.05, 4.69) is 31.9 Å². The highest BCUT2D eigenvalue weighted by atomic mass is 79.9. The smallest absolute Gasteiger partial charge is 0.406 e. The molecule has 3 N–H and O–H groups in total. The Morgan fingerprint density at radius 2 is 1.90 bits per heavy atom. The van der Waals surface area contributed by atoms with E-state index >= 15 is 0 Å². The Morgan fingerprint density at radius 1 is 1.29 bits per heavy atom. The highest BCUT2D eigenvalue weighted by molar-refractivity contribution is 9.10. The fourth-order valence-corrected chi connectivity index (χ4v) is 3.82. The third-order valence-electron chi connectivity index (χ3n) is 4.68. The number of rotatable bonds is 7. The van der Waals surface area contributed by atoms with Gasteiger partial charge in [0, 0.05) is 13.1 Å². The minimum atomic E-state index is -0.781. The molecule has 172 valence electrons. The SMILES string of the molecule is CC(C)C[C@H](NC(=O)CNC(=O)c1c(Cl)ccc(Br)c1F)B1OC(C)CNCC(C)O1. The summed E-state index contributed by atoms with van der Waals surface area (Å²) in [5, 5.41) is 8.54. The van der Waals surface area contributed by atoms with Crippen LogP contribution in [-0.4, -0.2) is 56.7 Å². The normalized spacial score (nSPS) is 20.7. The Balaban J connectivity index is 2.03. The molecule has 1 aliphatic rings. The van der Waals surface area contributed by atoms with Gasteiger partial charge in [-0.1, -0.05) is 25.4 Å². The fourth-order valence-electron chi connectivity index (χ4n) is 3.25. The number of halogens is 3. The van der Waals surface area contributed by atoms with Crippen LogP contribution in [0.25, 0.3) is 0 Å². The van der Waals surface area contributed by atoms with Crippen LogP contribution in [0.15, 0.2) is 16.6 Å². The Hall–Kier alpha value is -1.20. The summed E-state index contributed by atoms with van der Waals surface area (Å²) in [5.74, 6) is -2.12. The largest absolute Gasteiger partial charge is 0.481 e. The molecule has 2 rings (SSSR count). The molecule has 1 fully saturated rings. The van der Waals surface area contributed by atoms with Crippen molar-refractivity contribution < 1.29 is 23.3 Å². The first kappa shape index (κ1) is 26.1. The highest BCUT2D eigenvalue weighted by Crippen LogP contribution is 2.25. The number of benzene rings is 1. The number of hydrogen-bond donors (Lipinski definition) is 3. The van der Waals surface area contributed by atoms with Crippen LogP contribution in [0.4, 0.5) is 4.39 Å². The second kappa shape index (κ2) is 12.2. The second-order valence-electron chi connectivity index (χ2n) is 8.12. The maximum atomic E-state index is 14.2. The summed E-state index contributed by atoms with van der Waals surface area (Å²) in [6.45, 7) is 8.97. The molecular formula is C20H29BBrClFN3O4. The number of nitrogens with one attached hydrogen (secondary N) is 3. The van der Waals surface area contributed by atoms with Crippen molar-refractivity contribution in [2.45, 2.75) is 52.3 Å². The van der Waals surface area contributed by atoms with Gasteiger partial charge in [-0.05, 0) is 54.2 Å². The molecule has 0 bridgehead atoms. The zero-order chi connectivity index (χ0) is 23.1. The first-order valence-electron chi connectivity index (χ1n) is 10.3. The van der Waals surface area contributed by atoms with Crippen LogP contribution in [0.3, 0.4) is 0 Å². The molecule has 7 nitrogen and oxygen atoms in total.